The maximum absolute atomic E-state index is 13.9. The van der Waals surface area contributed by atoms with E-state index in [-0.39, 0.29) is 20.6 Å². The third kappa shape index (κ3) is 2.30. The summed E-state index contributed by atoms with van der Waals surface area (Å²) in [6, 6.07) is 5.26. The standard InChI is InChI=1S/C12H4Cl4F2/c13-7-3-1-5(9(14)10(7)15)6-2-4-8(17)11(16)12(6)18/h1-4H. The van der Waals surface area contributed by atoms with E-state index in [1.165, 1.54) is 18.2 Å². The van der Waals surface area contributed by atoms with E-state index in [0.717, 1.165) is 6.07 Å². The van der Waals surface area contributed by atoms with Crippen LogP contribution in [0.2, 0.25) is 20.1 Å². The summed E-state index contributed by atoms with van der Waals surface area (Å²) in [5.41, 5.74) is 0.357. The van der Waals surface area contributed by atoms with Crippen LogP contribution in [0, 0.1) is 11.6 Å². The van der Waals surface area contributed by atoms with Gasteiger partial charge in [-0.1, -0.05) is 52.5 Å². The number of rotatable bonds is 1. The predicted octanol–water partition coefficient (Wildman–Crippen LogP) is 6.25. The van der Waals surface area contributed by atoms with Crippen molar-refractivity contribution in [1.29, 1.82) is 0 Å². The Bertz CT molecular complexity index is 570. The van der Waals surface area contributed by atoms with Crippen LogP contribution in [0.15, 0.2) is 24.3 Å². The highest BCUT2D eigenvalue weighted by molar-refractivity contribution is 6.49. The lowest BCUT2D eigenvalue weighted by molar-refractivity contribution is 0.586. The molecule has 0 saturated heterocycles. The van der Waals surface area contributed by atoms with E-state index in [9.17, 15) is 8.78 Å². The minimum atomic E-state index is -0.892. The molecule has 0 saturated carbocycles. The van der Waals surface area contributed by atoms with Gasteiger partial charge in [-0.2, -0.15) is 0 Å². The summed E-state index contributed by atoms with van der Waals surface area (Å²) in [7, 11) is 0. The second-order valence-corrected chi connectivity index (χ2v) is 4.99. The van der Waals surface area contributed by atoms with E-state index in [1.54, 1.807) is 0 Å². The fraction of sp³-hybridized carbons (Fsp3) is 0. The van der Waals surface area contributed by atoms with Gasteiger partial charge in [0.2, 0.25) is 0 Å². The van der Waals surface area contributed by atoms with Crippen molar-refractivity contribution >= 4 is 46.4 Å². The van der Waals surface area contributed by atoms with Crippen molar-refractivity contribution in [3.8, 4) is 11.1 Å². The molecule has 0 atom stereocenters. The highest BCUT2D eigenvalue weighted by Gasteiger charge is 2.17. The van der Waals surface area contributed by atoms with E-state index in [2.05, 4.69) is 0 Å². The molecule has 0 spiro atoms. The fourth-order valence-corrected chi connectivity index (χ4v) is 2.27. The molecule has 0 aliphatic heterocycles. The lowest BCUT2D eigenvalue weighted by Gasteiger charge is -2.09. The highest BCUT2D eigenvalue weighted by Crippen LogP contribution is 2.40. The number of hydrogen-bond acceptors (Lipinski definition) is 0. The van der Waals surface area contributed by atoms with Crippen molar-refractivity contribution in [3.63, 3.8) is 0 Å². The summed E-state index contributed by atoms with van der Waals surface area (Å²) in [5.74, 6) is -1.73. The summed E-state index contributed by atoms with van der Waals surface area (Å²) in [5, 5.41) is -0.143. The van der Waals surface area contributed by atoms with Crippen LogP contribution in [0.3, 0.4) is 0 Å². The van der Waals surface area contributed by atoms with E-state index in [4.69, 9.17) is 46.4 Å². The normalized spacial score (nSPS) is 10.8. The smallest absolute Gasteiger partial charge is 0.152 e. The lowest BCUT2D eigenvalue weighted by atomic mass is 10.0. The van der Waals surface area contributed by atoms with Crippen LogP contribution >= 0.6 is 46.4 Å². The van der Waals surface area contributed by atoms with Crippen LogP contribution in [0.1, 0.15) is 0 Å². The third-order valence-corrected chi connectivity index (χ3v) is 4.00. The number of halogens is 6. The van der Waals surface area contributed by atoms with Crippen LogP contribution in [-0.4, -0.2) is 0 Å². The first kappa shape index (κ1) is 13.9. The average molecular weight is 328 g/mol. The summed E-state index contributed by atoms with van der Waals surface area (Å²) in [4.78, 5) is 0. The quantitative estimate of drug-likeness (QED) is 0.543. The first-order chi connectivity index (χ1) is 8.43. The van der Waals surface area contributed by atoms with Crippen LogP contribution in [0.5, 0.6) is 0 Å². The van der Waals surface area contributed by atoms with Gasteiger partial charge in [-0.05, 0) is 18.2 Å². The first-order valence-electron chi connectivity index (χ1n) is 4.71. The Labute approximate surface area is 122 Å². The van der Waals surface area contributed by atoms with Crippen molar-refractivity contribution in [2.45, 2.75) is 0 Å². The Hall–Kier alpha value is -0.540. The Morgan fingerprint density at radius 3 is 1.94 bits per heavy atom. The summed E-state index contributed by atoms with van der Waals surface area (Å²) in [6.07, 6.45) is 0. The molecule has 2 aromatic carbocycles. The molecule has 0 N–H and O–H groups in total. The molecule has 2 rings (SSSR count). The molecular weight excluding hydrogens is 324 g/mol. The van der Waals surface area contributed by atoms with E-state index in [1.807, 2.05) is 0 Å². The lowest BCUT2D eigenvalue weighted by Crippen LogP contribution is -1.90. The average Bonchev–Trinajstić information content (AvgIpc) is 2.35. The van der Waals surface area contributed by atoms with Crippen LogP contribution in [0.25, 0.3) is 11.1 Å². The Balaban J connectivity index is 2.71. The molecule has 18 heavy (non-hydrogen) atoms. The molecule has 94 valence electrons. The topological polar surface area (TPSA) is 0 Å². The minimum absolute atomic E-state index is 0.0602. The minimum Gasteiger partial charge on any atom is -0.205 e. The SMILES string of the molecule is Fc1ccc(-c2ccc(Cl)c(Cl)c2Cl)c(F)c1Cl. The predicted molar refractivity (Wildman–Crippen MR) is 71.8 cm³/mol. The van der Waals surface area contributed by atoms with Crippen LogP contribution in [-0.2, 0) is 0 Å². The van der Waals surface area contributed by atoms with Crippen LogP contribution in [0.4, 0.5) is 8.78 Å². The third-order valence-electron chi connectivity index (χ3n) is 2.36. The second kappa shape index (κ2) is 5.22. The Kier molecular flexibility index (Phi) is 4.02. The zero-order valence-corrected chi connectivity index (χ0v) is 11.6. The molecule has 0 aromatic heterocycles. The van der Waals surface area contributed by atoms with Gasteiger partial charge in [0.1, 0.15) is 10.8 Å². The highest BCUT2D eigenvalue weighted by atomic mass is 35.5. The van der Waals surface area contributed by atoms with Gasteiger partial charge in [-0.15, -0.1) is 0 Å². The van der Waals surface area contributed by atoms with Crippen molar-refractivity contribution in [2.24, 2.45) is 0 Å². The van der Waals surface area contributed by atoms with Gasteiger partial charge in [0, 0.05) is 11.1 Å². The largest absolute Gasteiger partial charge is 0.205 e. The molecule has 0 radical (unpaired) electrons. The molecule has 0 bridgehead atoms. The van der Waals surface area contributed by atoms with E-state index < -0.39 is 16.7 Å². The molecule has 0 fully saturated rings. The fourth-order valence-electron chi connectivity index (χ4n) is 1.47. The van der Waals surface area contributed by atoms with Gasteiger partial charge < -0.3 is 0 Å². The zero-order chi connectivity index (χ0) is 13.4. The number of hydrogen-bond donors (Lipinski definition) is 0. The molecule has 6 heteroatoms. The molecule has 0 heterocycles. The maximum Gasteiger partial charge on any atom is 0.152 e. The van der Waals surface area contributed by atoms with Crippen molar-refractivity contribution in [1.82, 2.24) is 0 Å². The van der Waals surface area contributed by atoms with E-state index >= 15 is 0 Å². The van der Waals surface area contributed by atoms with E-state index in [0.29, 0.717) is 5.56 Å². The van der Waals surface area contributed by atoms with Gasteiger partial charge >= 0.3 is 0 Å². The maximum atomic E-state index is 13.9. The molecule has 0 aliphatic rings. The van der Waals surface area contributed by atoms with Gasteiger partial charge in [-0.3, -0.25) is 0 Å². The zero-order valence-electron chi connectivity index (χ0n) is 8.58. The second-order valence-electron chi connectivity index (χ2n) is 3.45. The first-order valence-corrected chi connectivity index (χ1v) is 6.22. The van der Waals surface area contributed by atoms with Crippen molar-refractivity contribution < 1.29 is 8.78 Å². The van der Waals surface area contributed by atoms with Gasteiger partial charge in [-0.25, -0.2) is 8.78 Å². The molecule has 0 amide bonds. The monoisotopic (exact) mass is 326 g/mol. The molecule has 0 nitrogen and oxygen atoms in total. The summed E-state index contributed by atoms with van der Waals surface area (Å²) in [6.45, 7) is 0. The van der Waals surface area contributed by atoms with Gasteiger partial charge in [0.05, 0.1) is 15.1 Å². The molecule has 2 aromatic rings. The number of benzene rings is 2. The van der Waals surface area contributed by atoms with Gasteiger partial charge in [0.25, 0.3) is 0 Å². The van der Waals surface area contributed by atoms with Crippen molar-refractivity contribution in [3.05, 3.63) is 56.0 Å². The molecular formula is C12H4Cl4F2. The van der Waals surface area contributed by atoms with Crippen molar-refractivity contribution in [2.75, 3.05) is 0 Å². The van der Waals surface area contributed by atoms with Gasteiger partial charge in [0.15, 0.2) is 5.82 Å². The Morgan fingerprint density at radius 1 is 0.667 bits per heavy atom. The van der Waals surface area contributed by atoms with Crippen LogP contribution < -0.4 is 0 Å². The summed E-state index contributed by atoms with van der Waals surface area (Å²) >= 11 is 23.1. The summed E-state index contributed by atoms with van der Waals surface area (Å²) < 4.78 is 26.9. The molecule has 0 aliphatic carbocycles. The molecule has 0 unspecified atom stereocenters. The Morgan fingerprint density at radius 2 is 1.28 bits per heavy atom.